The van der Waals surface area contributed by atoms with Gasteiger partial charge < -0.3 is 14.7 Å². The first-order chi connectivity index (χ1) is 12.0. The number of nitriles is 1. The Kier molecular flexibility index (Phi) is 5.38. The molecular weight excluding hydrogens is 318 g/mol. The number of likely N-dealkylation sites (tertiary alicyclic amines) is 2. The van der Waals surface area contributed by atoms with Gasteiger partial charge in [-0.05, 0) is 30.5 Å². The van der Waals surface area contributed by atoms with Crippen LogP contribution in [0.3, 0.4) is 0 Å². The molecule has 0 aromatic heterocycles. The van der Waals surface area contributed by atoms with E-state index in [-0.39, 0.29) is 18.4 Å². The van der Waals surface area contributed by atoms with Crippen molar-refractivity contribution in [3.63, 3.8) is 0 Å². The Bertz CT molecular complexity index is 655. The van der Waals surface area contributed by atoms with Crippen LogP contribution in [-0.4, -0.2) is 66.3 Å². The number of ether oxygens (including phenoxy) is 1. The van der Waals surface area contributed by atoms with Gasteiger partial charge in [-0.1, -0.05) is 12.1 Å². The molecule has 2 aliphatic rings. The maximum absolute atomic E-state index is 12.1. The number of amides is 1. The minimum Gasteiger partial charge on any atom is -0.389 e. The fourth-order valence-corrected chi connectivity index (χ4v) is 3.90. The Balaban J connectivity index is 1.62. The summed E-state index contributed by atoms with van der Waals surface area (Å²) in [6.45, 7) is 3.70. The number of hydrogen-bond acceptors (Lipinski definition) is 5. The molecule has 6 nitrogen and oxygen atoms in total. The van der Waals surface area contributed by atoms with Crippen LogP contribution >= 0.6 is 0 Å². The zero-order valence-electron chi connectivity index (χ0n) is 14.6. The second-order valence-electron chi connectivity index (χ2n) is 7.12. The van der Waals surface area contributed by atoms with Gasteiger partial charge in [0.25, 0.3) is 0 Å². The number of benzene rings is 1. The molecule has 6 heteroatoms. The van der Waals surface area contributed by atoms with Gasteiger partial charge in [0.1, 0.15) is 6.61 Å². The minimum absolute atomic E-state index is 0.00577. The van der Waals surface area contributed by atoms with E-state index in [1.54, 1.807) is 0 Å². The third kappa shape index (κ3) is 4.01. The lowest BCUT2D eigenvalue weighted by atomic mass is 9.75. The molecule has 2 fully saturated rings. The molecule has 0 aliphatic carbocycles. The van der Waals surface area contributed by atoms with Crippen LogP contribution in [0.5, 0.6) is 0 Å². The highest BCUT2D eigenvalue weighted by Gasteiger charge is 2.45. The highest BCUT2D eigenvalue weighted by atomic mass is 16.5. The van der Waals surface area contributed by atoms with Crippen molar-refractivity contribution >= 4 is 5.91 Å². The van der Waals surface area contributed by atoms with E-state index in [2.05, 4.69) is 11.0 Å². The topological polar surface area (TPSA) is 76.8 Å². The Labute approximate surface area is 148 Å². The number of methoxy groups -OCH3 is 1. The number of carbonyl (C=O) groups is 1. The van der Waals surface area contributed by atoms with Crippen molar-refractivity contribution in [2.45, 2.75) is 25.0 Å². The molecule has 0 spiro atoms. The average Bonchev–Trinajstić information content (AvgIpc) is 2.62. The molecule has 0 unspecified atom stereocenters. The van der Waals surface area contributed by atoms with Crippen molar-refractivity contribution in [3.8, 4) is 6.07 Å². The molecule has 0 bridgehead atoms. The Morgan fingerprint density at radius 3 is 2.72 bits per heavy atom. The number of piperidine rings is 2. The van der Waals surface area contributed by atoms with E-state index in [9.17, 15) is 9.90 Å². The molecule has 1 aromatic rings. The molecule has 0 saturated carbocycles. The summed E-state index contributed by atoms with van der Waals surface area (Å²) in [5.41, 5.74) is 1.16. The van der Waals surface area contributed by atoms with Crippen molar-refractivity contribution in [1.82, 2.24) is 9.80 Å². The smallest absolute Gasteiger partial charge is 0.248 e. The molecule has 2 saturated heterocycles. The van der Waals surface area contributed by atoms with Crippen LogP contribution in [0.25, 0.3) is 0 Å². The van der Waals surface area contributed by atoms with Crippen LogP contribution in [0.1, 0.15) is 24.0 Å². The maximum atomic E-state index is 12.1. The lowest BCUT2D eigenvalue weighted by molar-refractivity contribution is -0.150. The summed E-state index contributed by atoms with van der Waals surface area (Å²) < 4.78 is 4.95. The Morgan fingerprint density at radius 2 is 2.04 bits per heavy atom. The molecule has 1 N–H and O–H groups in total. The molecule has 134 valence electrons. The monoisotopic (exact) mass is 343 g/mol. The van der Waals surface area contributed by atoms with Crippen LogP contribution in [-0.2, 0) is 16.1 Å². The van der Waals surface area contributed by atoms with Crippen LogP contribution in [0, 0.1) is 17.2 Å². The lowest BCUT2D eigenvalue weighted by Crippen LogP contribution is -2.60. The quantitative estimate of drug-likeness (QED) is 0.882. The second kappa shape index (κ2) is 7.52. The largest absolute Gasteiger partial charge is 0.389 e. The van der Waals surface area contributed by atoms with Crippen molar-refractivity contribution in [3.05, 3.63) is 35.4 Å². The highest BCUT2D eigenvalue weighted by molar-refractivity contribution is 5.77. The molecule has 3 rings (SSSR count). The molecule has 2 atom stereocenters. The molecule has 1 aromatic carbocycles. The van der Waals surface area contributed by atoms with Gasteiger partial charge >= 0.3 is 0 Å². The summed E-state index contributed by atoms with van der Waals surface area (Å²) in [7, 11) is 1.53. The second-order valence-corrected chi connectivity index (χ2v) is 7.12. The standard InChI is InChI=1S/C19H25N3O3/c1-25-14-18(23)22-9-7-19(24)6-8-21(12-17(19)13-22)11-16-4-2-15(10-20)3-5-16/h2-5,17,24H,6-9,11-14H2,1H3/t17-,19-/m0/s1. The van der Waals surface area contributed by atoms with E-state index in [4.69, 9.17) is 10.00 Å². The van der Waals surface area contributed by atoms with E-state index in [0.29, 0.717) is 25.1 Å². The van der Waals surface area contributed by atoms with Gasteiger partial charge in [0.2, 0.25) is 5.91 Å². The van der Waals surface area contributed by atoms with Crippen LogP contribution in [0.4, 0.5) is 0 Å². The number of hydrogen-bond donors (Lipinski definition) is 1. The zero-order valence-corrected chi connectivity index (χ0v) is 14.6. The summed E-state index contributed by atoms with van der Waals surface area (Å²) in [4.78, 5) is 16.2. The molecule has 2 aliphatic heterocycles. The number of carbonyl (C=O) groups excluding carboxylic acids is 1. The fourth-order valence-electron chi connectivity index (χ4n) is 3.90. The zero-order chi connectivity index (χ0) is 17.9. The van der Waals surface area contributed by atoms with Gasteiger partial charge in [0.05, 0.1) is 17.2 Å². The van der Waals surface area contributed by atoms with Gasteiger partial charge in [-0.15, -0.1) is 0 Å². The van der Waals surface area contributed by atoms with Crippen molar-refractivity contribution in [1.29, 1.82) is 5.26 Å². The SMILES string of the molecule is COCC(=O)N1CC[C@@]2(O)CCN(Cc3ccc(C#N)cc3)C[C@H]2C1. The molecule has 0 radical (unpaired) electrons. The van der Waals surface area contributed by atoms with E-state index >= 15 is 0 Å². The average molecular weight is 343 g/mol. The third-order valence-electron chi connectivity index (χ3n) is 5.46. The van der Waals surface area contributed by atoms with Gasteiger partial charge in [-0.2, -0.15) is 5.26 Å². The number of aliphatic hydroxyl groups is 1. The van der Waals surface area contributed by atoms with E-state index in [0.717, 1.165) is 31.6 Å². The molecule has 1 amide bonds. The van der Waals surface area contributed by atoms with Gasteiger partial charge in [-0.25, -0.2) is 0 Å². The van der Waals surface area contributed by atoms with Crippen molar-refractivity contribution < 1.29 is 14.6 Å². The van der Waals surface area contributed by atoms with E-state index in [1.165, 1.54) is 7.11 Å². The third-order valence-corrected chi connectivity index (χ3v) is 5.46. The number of nitrogens with zero attached hydrogens (tertiary/aromatic N) is 3. The van der Waals surface area contributed by atoms with Gasteiger partial charge in [0, 0.05) is 45.8 Å². The normalized spacial score (nSPS) is 26.8. The fraction of sp³-hybridized carbons (Fsp3) is 0.579. The predicted molar refractivity (Wildman–Crippen MR) is 92.6 cm³/mol. The van der Waals surface area contributed by atoms with Crippen LogP contribution in [0.2, 0.25) is 0 Å². The number of fused-ring (bicyclic) bond motifs is 1. The Hall–Kier alpha value is -1.94. The minimum atomic E-state index is -0.662. The summed E-state index contributed by atoms with van der Waals surface area (Å²) in [5, 5.41) is 19.8. The highest BCUT2D eigenvalue weighted by Crippen LogP contribution is 2.35. The van der Waals surface area contributed by atoms with E-state index < -0.39 is 5.60 Å². The van der Waals surface area contributed by atoms with Gasteiger partial charge in [0.15, 0.2) is 0 Å². The molecule has 2 heterocycles. The Morgan fingerprint density at radius 1 is 1.32 bits per heavy atom. The maximum Gasteiger partial charge on any atom is 0.248 e. The van der Waals surface area contributed by atoms with E-state index in [1.807, 2.05) is 29.2 Å². The molecule has 25 heavy (non-hydrogen) atoms. The first-order valence-corrected chi connectivity index (χ1v) is 8.74. The van der Waals surface area contributed by atoms with Crippen molar-refractivity contribution in [2.75, 3.05) is 39.9 Å². The van der Waals surface area contributed by atoms with Crippen LogP contribution < -0.4 is 0 Å². The molecular formula is C19H25N3O3. The number of rotatable bonds is 4. The first kappa shape index (κ1) is 17.9. The summed E-state index contributed by atoms with van der Waals surface area (Å²) in [5.74, 6) is 0.0583. The van der Waals surface area contributed by atoms with Crippen molar-refractivity contribution in [2.24, 2.45) is 5.92 Å². The summed E-state index contributed by atoms with van der Waals surface area (Å²) >= 11 is 0. The van der Waals surface area contributed by atoms with Gasteiger partial charge in [-0.3, -0.25) is 9.69 Å². The summed E-state index contributed by atoms with van der Waals surface area (Å²) in [6.07, 6.45) is 1.37. The first-order valence-electron chi connectivity index (χ1n) is 8.74. The predicted octanol–water partition coefficient (Wildman–Crippen LogP) is 0.990. The lowest BCUT2D eigenvalue weighted by Gasteiger charge is -2.50. The summed E-state index contributed by atoms with van der Waals surface area (Å²) in [6, 6.07) is 9.76. The van der Waals surface area contributed by atoms with Crippen LogP contribution in [0.15, 0.2) is 24.3 Å².